The van der Waals surface area contributed by atoms with E-state index in [0.717, 1.165) is 11.1 Å². The Bertz CT molecular complexity index is 475. The summed E-state index contributed by atoms with van der Waals surface area (Å²) in [5, 5.41) is 0.346. The van der Waals surface area contributed by atoms with E-state index in [1.807, 2.05) is 31.2 Å². The molecule has 0 atom stereocenters. The number of nitrogens with zero attached hydrogens (tertiary/aromatic N) is 1. The molecule has 17 heavy (non-hydrogen) atoms. The standard InChI is InChI=1S/C14H16ClNO/c1-10-7-5-6-8-12(10)13(9-11(2)15)14(17)16(3)4/h5-9H,2H2,1,3-4H3/b13-9+. The number of carbonyl (C=O) groups is 1. The van der Waals surface area contributed by atoms with Crippen LogP contribution in [0, 0.1) is 6.92 Å². The maximum absolute atomic E-state index is 12.1. The van der Waals surface area contributed by atoms with Gasteiger partial charge in [-0.25, -0.2) is 0 Å². The van der Waals surface area contributed by atoms with Crippen molar-refractivity contribution in [2.75, 3.05) is 14.1 Å². The number of hydrogen-bond donors (Lipinski definition) is 0. The predicted octanol–water partition coefficient (Wildman–Crippen LogP) is 3.22. The van der Waals surface area contributed by atoms with Gasteiger partial charge in [-0.1, -0.05) is 42.4 Å². The Morgan fingerprint density at radius 3 is 2.41 bits per heavy atom. The van der Waals surface area contributed by atoms with Crippen LogP contribution in [0.25, 0.3) is 5.57 Å². The van der Waals surface area contributed by atoms with E-state index >= 15 is 0 Å². The van der Waals surface area contributed by atoms with Crippen LogP contribution in [0.5, 0.6) is 0 Å². The van der Waals surface area contributed by atoms with Gasteiger partial charge in [-0.3, -0.25) is 4.79 Å². The fourth-order valence-corrected chi connectivity index (χ4v) is 1.64. The van der Waals surface area contributed by atoms with Gasteiger partial charge in [0, 0.05) is 24.7 Å². The van der Waals surface area contributed by atoms with Crippen LogP contribution in [-0.4, -0.2) is 24.9 Å². The van der Waals surface area contributed by atoms with Crippen LogP contribution in [-0.2, 0) is 4.79 Å². The van der Waals surface area contributed by atoms with Gasteiger partial charge in [0.1, 0.15) is 0 Å². The van der Waals surface area contributed by atoms with E-state index in [9.17, 15) is 4.79 Å². The number of benzene rings is 1. The first-order chi connectivity index (χ1) is 7.93. The molecule has 3 heteroatoms. The van der Waals surface area contributed by atoms with Crippen molar-refractivity contribution in [1.82, 2.24) is 4.90 Å². The summed E-state index contributed by atoms with van der Waals surface area (Å²) >= 11 is 5.78. The number of likely N-dealkylation sites (N-methyl/N-ethyl adjacent to an activating group) is 1. The Kier molecular flexibility index (Phi) is 4.53. The lowest BCUT2D eigenvalue weighted by Crippen LogP contribution is -2.23. The van der Waals surface area contributed by atoms with E-state index in [-0.39, 0.29) is 5.91 Å². The first kappa shape index (κ1) is 13.5. The van der Waals surface area contributed by atoms with E-state index in [4.69, 9.17) is 11.6 Å². The molecular weight excluding hydrogens is 234 g/mol. The summed E-state index contributed by atoms with van der Waals surface area (Å²) in [6.07, 6.45) is 1.60. The van der Waals surface area contributed by atoms with Gasteiger partial charge in [0.15, 0.2) is 0 Å². The molecule has 1 aromatic carbocycles. The van der Waals surface area contributed by atoms with Crippen molar-refractivity contribution in [3.05, 3.63) is 53.1 Å². The molecule has 0 saturated carbocycles. The molecule has 90 valence electrons. The molecule has 0 spiro atoms. The first-order valence-corrected chi connectivity index (χ1v) is 5.65. The number of halogens is 1. The Morgan fingerprint density at radius 2 is 1.94 bits per heavy atom. The lowest BCUT2D eigenvalue weighted by atomic mass is 9.99. The third kappa shape index (κ3) is 3.46. The smallest absolute Gasteiger partial charge is 0.254 e. The number of carbonyl (C=O) groups excluding carboxylic acids is 1. The molecule has 0 N–H and O–H groups in total. The highest BCUT2D eigenvalue weighted by Crippen LogP contribution is 2.22. The molecule has 0 aliphatic heterocycles. The van der Waals surface area contributed by atoms with Crippen LogP contribution in [0.3, 0.4) is 0 Å². The van der Waals surface area contributed by atoms with Crippen LogP contribution < -0.4 is 0 Å². The molecule has 1 rings (SSSR count). The number of aryl methyl sites for hydroxylation is 1. The largest absolute Gasteiger partial charge is 0.345 e. The molecule has 1 aromatic rings. The number of amides is 1. The molecule has 0 heterocycles. The molecule has 0 fully saturated rings. The van der Waals surface area contributed by atoms with Crippen molar-refractivity contribution in [1.29, 1.82) is 0 Å². The summed E-state index contributed by atoms with van der Waals surface area (Å²) in [4.78, 5) is 13.6. The molecular formula is C14H16ClNO. The van der Waals surface area contributed by atoms with Crippen molar-refractivity contribution in [2.24, 2.45) is 0 Å². The summed E-state index contributed by atoms with van der Waals surface area (Å²) in [7, 11) is 3.43. The summed E-state index contributed by atoms with van der Waals surface area (Å²) in [6, 6.07) is 7.70. The maximum atomic E-state index is 12.1. The lowest BCUT2D eigenvalue weighted by molar-refractivity contribution is -0.122. The molecule has 2 nitrogen and oxygen atoms in total. The average molecular weight is 250 g/mol. The van der Waals surface area contributed by atoms with Crippen LogP contribution in [0.15, 0.2) is 42.0 Å². The monoisotopic (exact) mass is 249 g/mol. The minimum absolute atomic E-state index is 0.0823. The van der Waals surface area contributed by atoms with E-state index in [0.29, 0.717) is 10.6 Å². The fraction of sp³-hybridized carbons (Fsp3) is 0.214. The topological polar surface area (TPSA) is 20.3 Å². The van der Waals surface area contributed by atoms with Crippen LogP contribution in [0.4, 0.5) is 0 Å². The second kappa shape index (κ2) is 5.69. The Balaban J connectivity index is 3.31. The van der Waals surface area contributed by atoms with Gasteiger partial charge in [0.25, 0.3) is 5.91 Å². The number of rotatable bonds is 3. The van der Waals surface area contributed by atoms with Crippen molar-refractivity contribution in [2.45, 2.75) is 6.92 Å². The zero-order valence-electron chi connectivity index (χ0n) is 10.3. The van der Waals surface area contributed by atoms with Crippen molar-refractivity contribution >= 4 is 23.1 Å². The quantitative estimate of drug-likeness (QED) is 0.595. The fourth-order valence-electron chi connectivity index (χ4n) is 1.53. The van der Waals surface area contributed by atoms with Crippen molar-refractivity contribution in [3.63, 3.8) is 0 Å². The second-order valence-electron chi connectivity index (χ2n) is 4.02. The number of hydrogen-bond acceptors (Lipinski definition) is 1. The van der Waals surface area contributed by atoms with Gasteiger partial charge in [0.05, 0.1) is 0 Å². The Labute approximate surface area is 107 Å². The lowest BCUT2D eigenvalue weighted by Gasteiger charge is -2.15. The summed E-state index contributed by atoms with van der Waals surface area (Å²) in [5.41, 5.74) is 2.48. The third-order valence-corrected chi connectivity index (χ3v) is 2.48. The highest BCUT2D eigenvalue weighted by molar-refractivity contribution is 6.33. The van der Waals surface area contributed by atoms with Crippen molar-refractivity contribution in [3.8, 4) is 0 Å². The number of allylic oxidation sites excluding steroid dienone is 2. The van der Waals surface area contributed by atoms with Crippen LogP contribution in [0.2, 0.25) is 0 Å². The third-order valence-electron chi connectivity index (χ3n) is 2.37. The highest BCUT2D eigenvalue weighted by atomic mass is 35.5. The second-order valence-corrected chi connectivity index (χ2v) is 4.50. The molecule has 0 unspecified atom stereocenters. The van der Waals surface area contributed by atoms with E-state index < -0.39 is 0 Å². The molecule has 1 amide bonds. The van der Waals surface area contributed by atoms with Gasteiger partial charge in [0.2, 0.25) is 0 Å². The van der Waals surface area contributed by atoms with Gasteiger partial charge in [-0.2, -0.15) is 0 Å². The minimum Gasteiger partial charge on any atom is -0.345 e. The zero-order chi connectivity index (χ0) is 13.0. The van der Waals surface area contributed by atoms with Gasteiger partial charge in [-0.05, 0) is 24.1 Å². The van der Waals surface area contributed by atoms with Gasteiger partial charge < -0.3 is 4.90 Å². The Morgan fingerprint density at radius 1 is 1.35 bits per heavy atom. The summed E-state index contributed by atoms with van der Waals surface area (Å²) in [5.74, 6) is -0.0823. The SMILES string of the molecule is C=C(Cl)/C=C(/C(=O)N(C)C)c1ccccc1C. The molecule has 0 bridgehead atoms. The van der Waals surface area contributed by atoms with Crippen molar-refractivity contribution < 1.29 is 4.79 Å². The van der Waals surface area contributed by atoms with E-state index in [1.165, 1.54) is 4.90 Å². The van der Waals surface area contributed by atoms with Gasteiger partial charge in [-0.15, -0.1) is 0 Å². The molecule has 0 radical (unpaired) electrons. The molecule has 0 saturated heterocycles. The van der Waals surface area contributed by atoms with Crippen LogP contribution >= 0.6 is 11.6 Å². The zero-order valence-corrected chi connectivity index (χ0v) is 11.1. The normalized spacial score (nSPS) is 11.2. The molecule has 0 aliphatic rings. The maximum Gasteiger partial charge on any atom is 0.254 e. The van der Waals surface area contributed by atoms with E-state index in [1.54, 1.807) is 20.2 Å². The summed E-state index contributed by atoms with van der Waals surface area (Å²) in [6.45, 7) is 5.57. The average Bonchev–Trinajstić information content (AvgIpc) is 2.25. The highest BCUT2D eigenvalue weighted by Gasteiger charge is 2.15. The molecule has 0 aromatic heterocycles. The van der Waals surface area contributed by atoms with Gasteiger partial charge >= 0.3 is 0 Å². The van der Waals surface area contributed by atoms with Crippen LogP contribution in [0.1, 0.15) is 11.1 Å². The summed E-state index contributed by atoms with van der Waals surface area (Å²) < 4.78 is 0. The van der Waals surface area contributed by atoms with E-state index in [2.05, 4.69) is 6.58 Å². The minimum atomic E-state index is -0.0823. The first-order valence-electron chi connectivity index (χ1n) is 5.27. The predicted molar refractivity (Wildman–Crippen MR) is 72.8 cm³/mol. The molecule has 0 aliphatic carbocycles. The Hall–Kier alpha value is -1.54.